The van der Waals surface area contributed by atoms with Crippen molar-refractivity contribution in [1.29, 1.82) is 0 Å². The summed E-state index contributed by atoms with van der Waals surface area (Å²) in [7, 11) is 2.00. The normalized spacial score (nSPS) is 12.4. The molecule has 0 amide bonds. The zero-order valence-corrected chi connectivity index (χ0v) is 9.77. The zero-order chi connectivity index (χ0) is 11.4. The summed E-state index contributed by atoms with van der Waals surface area (Å²) >= 11 is 0. The van der Waals surface area contributed by atoms with Crippen LogP contribution in [0.3, 0.4) is 0 Å². The highest BCUT2D eigenvalue weighted by Crippen LogP contribution is 2.23. The van der Waals surface area contributed by atoms with Crippen molar-refractivity contribution in [1.82, 2.24) is 5.32 Å². The molecule has 0 saturated heterocycles. The van der Waals surface area contributed by atoms with E-state index in [0.29, 0.717) is 0 Å². The minimum Gasteiger partial charge on any atom is -0.309 e. The Morgan fingerprint density at radius 3 is 2.12 bits per heavy atom. The fourth-order valence-corrected chi connectivity index (χ4v) is 2.06. The van der Waals surface area contributed by atoms with Crippen LogP contribution in [0.25, 0.3) is 0 Å². The fraction of sp³-hybridized carbons (Fsp3) is 0.200. The molecule has 0 bridgehead atoms. The third kappa shape index (κ3) is 2.15. The molecular weight excluding hydrogens is 194 g/mol. The Labute approximate surface area is 97.1 Å². The van der Waals surface area contributed by atoms with E-state index in [0.717, 1.165) is 0 Å². The van der Waals surface area contributed by atoms with Gasteiger partial charge in [0.15, 0.2) is 0 Å². The maximum atomic E-state index is 3.38. The number of aryl methyl sites for hydroxylation is 1. The van der Waals surface area contributed by atoms with Gasteiger partial charge in [0.25, 0.3) is 0 Å². The van der Waals surface area contributed by atoms with E-state index in [-0.39, 0.29) is 6.04 Å². The first-order valence-corrected chi connectivity index (χ1v) is 5.60. The van der Waals surface area contributed by atoms with Gasteiger partial charge in [0, 0.05) is 0 Å². The molecule has 0 heterocycles. The van der Waals surface area contributed by atoms with Gasteiger partial charge in [0.2, 0.25) is 0 Å². The van der Waals surface area contributed by atoms with Crippen LogP contribution in [0.2, 0.25) is 0 Å². The molecule has 0 saturated carbocycles. The van der Waals surface area contributed by atoms with Gasteiger partial charge in [0.05, 0.1) is 6.04 Å². The van der Waals surface area contributed by atoms with Gasteiger partial charge < -0.3 is 5.32 Å². The van der Waals surface area contributed by atoms with Gasteiger partial charge in [0.1, 0.15) is 0 Å². The number of benzene rings is 2. The second-order valence-electron chi connectivity index (χ2n) is 3.99. The summed E-state index contributed by atoms with van der Waals surface area (Å²) in [5.41, 5.74) is 3.97. The van der Waals surface area contributed by atoms with Crippen molar-refractivity contribution < 1.29 is 0 Å². The SMILES string of the molecule is CN[C@H](c1ccccc1)c1ccccc1C. The molecule has 0 aromatic heterocycles. The Morgan fingerprint density at radius 2 is 1.50 bits per heavy atom. The number of hydrogen-bond acceptors (Lipinski definition) is 1. The van der Waals surface area contributed by atoms with Crippen molar-refractivity contribution in [3.05, 3.63) is 71.3 Å². The molecule has 82 valence electrons. The average Bonchev–Trinajstić information content (AvgIpc) is 2.34. The highest BCUT2D eigenvalue weighted by molar-refractivity contribution is 5.36. The van der Waals surface area contributed by atoms with Gasteiger partial charge in [-0.2, -0.15) is 0 Å². The molecule has 0 spiro atoms. The lowest BCUT2D eigenvalue weighted by molar-refractivity contribution is 0.687. The molecule has 0 aliphatic heterocycles. The van der Waals surface area contributed by atoms with E-state index in [1.807, 2.05) is 13.1 Å². The third-order valence-corrected chi connectivity index (χ3v) is 2.92. The van der Waals surface area contributed by atoms with E-state index in [1.54, 1.807) is 0 Å². The van der Waals surface area contributed by atoms with Gasteiger partial charge in [-0.15, -0.1) is 0 Å². The smallest absolute Gasteiger partial charge is 0.0576 e. The van der Waals surface area contributed by atoms with E-state index >= 15 is 0 Å². The predicted molar refractivity (Wildman–Crippen MR) is 68.5 cm³/mol. The fourth-order valence-electron chi connectivity index (χ4n) is 2.06. The first-order chi connectivity index (χ1) is 7.83. The van der Waals surface area contributed by atoms with Crippen molar-refractivity contribution >= 4 is 0 Å². The average molecular weight is 211 g/mol. The van der Waals surface area contributed by atoms with Crippen LogP contribution in [0.1, 0.15) is 22.7 Å². The Balaban J connectivity index is 2.41. The van der Waals surface area contributed by atoms with E-state index < -0.39 is 0 Å². The number of rotatable bonds is 3. The van der Waals surface area contributed by atoms with Crippen molar-refractivity contribution in [2.75, 3.05) is 7.05 Å². The summed E-state index contributed by atoms with van der Waals surface area (Å²) in [6, 6.07) is 19.3. The second-order valence-corrected chi connectivity index (χ2v) is 3.99. The van der Waals surface area contributed by atoms with Gasteiger partial charge in [-0.3, -0.25) is 0 Å². The van der Waals surface area contributed by atoms with Gasteiger partial charge in [-0.05, 0) is 30.7 Å². The molecule has 16 heavy (non-hydrogen) atoms. The van der Waals surface area contributed by atoms with Crippen molar-refractivity contribution in [3.8, 4) is 0 Å². The van der Waals surface area contributed by atoms with Crippen molar-refractivity contribution in [2.45, 2.75) is 13.0 Å². The molecule has 2 rings (SSSR count). The van der Waals surface area contributed by atoms with E-state index in [2.05, 4.69) is 60.8 Å². The van der Waals surface area contributed by atoms with Crippen LogP contribution in [-0.4, -0.2) is 7.05 Å². The molecule has 0 unspecified atom stereocenters. The lowest BCUT2D eigenvalue weighted by Crippen LogP contribution is -2.18. The van der Waals surface area contributed by atoms with Gasteiger partial charge in [-0.25, -0.2) is 0 Å². The molecule has 1 nitrogen and oxygen atoms in total. The van der Waals surface area contributed by atoms with Gasteiger partial charge in [-0.1, -0.05) is 54.6 Å². The maximum Gasteiger partial charge on any atom is 0.0576 e. The summed E-state index contributed by atoms with van der Waals surface area (Å²) in [6.45, 7) is 2.16. The first kappa shape index (κ1) is 10.9. The first-order valence-electron chi connectivity index (χ1n) is 5.60. The van der Waals surface area contributed by atoms with Crippen LogP contribution in [0.4, 0.5) is 0 Å². The largest absolute Gasteiger partial charge is 0.309 e. The maximum absolute atomic E-state index is 3.38. The highest BCUT2D eigenvalue weighted by atomic mass is 14.9. The topological polar surface area (TPSA) is 12.0 Å². The second kappa shape index (κ2) is 4.95. The molecule has 1 heteroatoms. The Hall–Kier alpha value is -1.60. The number of hydrogen-bond donors (Lipinski definition) is 1. The molecule has 2 aromatic rings. The van der Waals surface area contributed by atoms with Crippen LogP contribution in [0.5, 0.6) is 0 Å². The Kier molecular flexibility index (Phi) is 3.37. The molecule has 0 radical (unpaired) electrons. The molecule has 1 atom stereocenters. The molecule has 2 aromatic carbocycles. The lowest BCUT2D eigenvalue weighted by atomic mass is 9.95. The predicted octanol–water partition coefficient (Wildman–Crippen LogP) is 3.30. The van der Waals surface area contributed by atoms with Gasteiger partial charge >= 0.3 is 0 Å². The zero-order valence-electron chi connectivity index (χ0n) is 9.77. The Bertz CT molecular complexity index is 448. The lowest BCUT2D eigenvalue weighted by Gasteiger charge is -2.19. The Morgan fingerprint density at radius 1 is 0.875 bits per heavy atom. The van der Waals surface area contributed by atoms with Crippen molar-refractivity contribution in [3.63, 3.8) is 0 Å². The quantitative estimate of drug-likeness (QED) is 0.821. The monoisotopic (exact) mass is 211 g/mol. The summed E-state index contributed by atoms with van der Waals surface area (Å²) in [6.07, 6.45) is 0. The molecular formula is C15H17N. The van der Waals surface area contributed by atoms with Crippen LogP contribution in [0, 0.1) is 6.92 Å². The van der Waals surface area contributed by atoms with Crippen molar-refractivity contribution in [2.24, 2.45) is 0 Å². The minimum atomic E-state index is 0.280. The summed E-state index contributed by atoms with van der Waals surface area (Å²) in [4.78, 5) is 0. The van der Waals surface area contributed by atoms with E-state index in [9.17, 15) is 0 Å². The van der Waals surface area contributed by atoms with Crippen LogP contribution >= 0.6 is 0 Å². The van der Waals surface area contributed by atoms with Crippen LogP contribution in [0.15, 0.2) is 54.6 Å². The van der Waals surface area contributed by atoms with Crippen LogP contribution < -0.4 is 5.32 Å². The van der Waals surface area contributed by atoms with E-state index in [4.69, 9.17) is 0 Å². The number of nitrogens with one attached hydrogen (secondary N) is 1. The summed E-state index contributed by atoms with van der Waals surface area (Å²) in [5, 5.41) is 3.38. The summed E-state index contributed by atoms with van der Waals surface area (Å²) < 4.78 is 0. The van der Waals surface area contributed by atoms with E-state index in [1.165, 1.54) is 16.7 Å². The molecule has 0 aliphatic rings. The minimum absolute atomic E-state index is 0.280. The third-order valence-electron chi connectivity index (χ3n) is 2.92. The molecule has 0 fully saturated rings. The van der Waals surface area contributed by atoms with Crippen LogP contribution in [-0.2, 0) is 0 Å². The standard InChI is InChI=1S/C15H17N/c1-12-8-6-7-11-14(12)15(16-2)13-9-4-3-5-10-13/h3-11,15-16H,1-2H3/t15-/m1/s1. The molecule has 0 aliphatic carbocycles. The highest BCUT2D eigenvalue weighted by Gasteiger charge is 2.12. The summed E-state index contributed by atoms with van der Waals surface area (Å²) in [5.74, 6) is 0. The molecule has 1 N–H and O–H groups in total.